The van der Waals surface area contributed by atoms with Crippen LogP contribution in [0.1, 0.15) is 5.56 Å². The highest BCUT2D eigenvalue weighted by Gasteiger charge is 2.29. The van der Waals surface area contributed by atoms with Crippen LogP contribution in [0.25, 0.3) is 3.58 Å². The zero-order valence-corrected chi connectivity index (χ0v) is 9.76. The highest BCUT2D eigenvalue weighted by molar-refractivity contribution is 14.1. The Morgan fingerprint density at radius 2 is 2.08 bits per heavy atom. The number of rotatable bonds is 0. The molecular formula is C6H2ClIN2O2S. The van der Waals surface area contributed by atoms with Crippen molar-refractivity contribution in [1.82, 2.24) is 9.97 Å². The predicted molar refractivity (Wildman–Crippen MR) is 56.2 cm³/mol. The predicted octanol–water partition coefficient (Wildman–Crippen LogP) is 1.65. The van der Waals surface area contributed by atoms with Gasteiger partial charge >= 0.3 is 0 Å². The lowest BCUT2D eigenvalue weighted by atomic mass is 10.3. The Kier molecular flexibility index (Phi) is 2.08. The van der Waals surface area contributed by atoms with Gasteiger partial charge in [-0.05, 0) is 22.6 Å². The van der Waals surface area contributed by atoms with Crippen LogP contribution in [0.3, 0.4) is 0 Å². The molecule has 2 rings (SSSR count). The Bertz CT molecular complexity index is 511. The lowest BCUT2D eigenvalue weighted by Crippen LogP contribution is -1.98. The molecule has 1 aliphatic rings. The van der Waals surface area contributed by atoms with Crippen LogP contribution < -0.4 is 0 Å². The molecule has 0 N–H and O–H groups in total. The van der Waals surface area contributed by atoms with Crippen LogP contribution in [-0.4, -0.2) is 18.4 Å². The molecule has 13 heavy (non-hydrogen) atoms. The van der Waals surface area contributed by atoms with Gasteiger partial charge in [0.05, 0.1) is 11.0 Å². The van der Waals surface area contributed by atoms with Crippen LogP contribution in [-0.2, 0) is 9.84 Å². The fourth-order valence-electron chi connectivity index (χ4n) is 1.02. The van der Waals surface area contributed by atoms with Crippen LogP contribution in [0.5, 0.6) is 0 Å². The number of nitrogens with zero attached hydrogens (tertiary/aromatic N) is 2. The van der Waals surface area contributed by atoms with Crippen molar-refractivity contribution in [3.8, 4) is 0 Å². The first-order chi connectivity index (χ1) is 6.02. The summed E-state index contributed by atoms with van der Waals surface area (Å²) in [6, 6.07) is 0. The smallest absolute Gasteiger partial charge is 0.218 e. The Hall–Kier alpha value is -0.210. The summed E-state index contributed by atoms with van der Waals surface area (Å²) in [6.45, 7) is 0. The van der Waals surface area contributed by atoms with E-state index in [1.165, 1.54) is 0 Å². The molecule has 4 nitrogen and oxygen atoms in total. The quantitative estimate of drug-likeness (QED) is 0.537. The molecular weight excluding hydrogens is 327 g/mol. The van der Waals surface area contributed by atoms with E-state index in [0.717, 1.165) is 11.7 Å². The molecule has 0 radical (unpaired) electrons. The van der Waals surface area contributed by atoms with Gasteiger partial charge in [0.25, 0.3) is 0 Å². The second-order valence-electron chi connectivity index (χ2n) is 2.36. The maximum atomic E-state index is 11.4. The summed E-state index contributed by atoms with van der Waals surface area (Å²) in [6.07, 6.45) is 1.14. The van der Waals surface area contributed by atoms with Crippen molar-refractivity contribution in [2.75, 3.05) is 0 Å². The summed E-state index contributed by atoms with van der Waals surface area (Å²) in [4.78, 5) is 7.39. The molecule has 2 heterocycles. The van der Waals surface area contributed by atoms with E-state index < -0.39 is 9.84 Å². The molecule has 0 aromatic carbocycles. The molecule has 0 saturated carbocycles. The highest BCUT2D eigenvalue weighted by atomic mass is 127. The van der Waals surface area contributed by atoms with Crippen molar-refractivity contribution in [2.45, 2.75) is 5.03 Å². The van der Waals surface area contributed by atoms with Gasteiger partial charge in [-0.3, -0.25) is 0 Å². The third kappa shape index (κ3) is 1.36. The zero-order chi connectivity index (χ0) is 9.64. The van der Waals surface area contributed by atoms with Gasteiger partial charge in [-0.15, -0.1) is 0 Å². The van der Waals surface area contributed by atoms with Gasteiger partial charge in [-0.1, -0.05) is 11.6 Å². The van der Waals surface area contributed by atoms with E-state index in [4.69, 9.17) is 11.6 Å². The number of hydrogen-bond acceptors (Lipinski definition) is 4. The Morgan fingerprint density at radius 1 is 1.38 bits per heavy atom. The molecule has 68 valence electrons. The van der Waals surface area contributed by atoms with Gasteiger partial charge in [0.15, 0.2) is 5.03 Å². The number of halogens is 2. The highest BCUT2D eigenvalue weighted by Crippen LogP contribution is 2.38. The van der Waals surface area contributed by atoms with Crippen LogP contribution in [0, 0.1) is 0 Å². The molecule has 0 aliphatic carbocycles. The number of sulfone groups is 1. The summed E-state index contributed by atoms with van der Waals surface area (Å²) in [7, 11) is -3.38. The molecule has 0 atom stereocenters. The maximum Gasteiger partial charge on any atom is 0.218 e. The maximum absolute atomic E-state index is 11.4. The molecule has 7 heteroatoms. The SMILES string of the molecule is O=S1(=O)C=C(I)c2c(Cl)ncnc21. The van der Waals surface area contributed by atoms with E-state index in [1.54, 1.807) is 0 Å². The molecule has 1 aliphatic heterocycles. The normalized spacial score (nSPS) is 18.2. The van der Waals surface area contributed by atoms with E-state index in [2.05, 4.69) is 9.97 Å². The molecule has 0 unspecified atom stereocenters. The summed E-state index contributed by atoms with van der Waals surface area (Å²) >= 11 is 7.62. The van der Waals surface area contributed by atoms with Crippen LogP contribution >= 0.6 is 34.2 Å². The van der Waals surface area contributed by atoms with Crippen molar-refractivity contribution in [1.29, 1.82) is 0 Å². The zero-order valence-electron chi connectivity index (χ0n) is 6.03. The van der Waals surface area contributed by atoms with Crippen LogP contribution in [0.15, 0.2) is 16.8 Å². The fourth-order valence-corrected chi connectivity index (χ4v) is 4.35. The summed E-state index contributed by atoms with van der Waals surface area (Å²) < 4.78 is 23.3. The topological polar surface area (TPSA) is 59.9 Å². The lowest BCUT2D eigenvalue weighted by molar-refractivity contribution is 0.601. The van der Waals surface area contributed by atoms with Crippen molar-refractivity contribution in [2.24, 2.45) is 0 Å². The molecule has 1 aromatic rings. The van der Waals surface area contributed by atoms with Gasteiger partial charge in [0.2, 0.25) is 9.84 Å². The van der Waals surface area contributed by atoms with E-state index >= 15 is 0 Å². The van der Waals surface area contributed by atoms with Crippen molar-refractivity contribution in [3.63, 3.8) is 0 Å². The summed E-state index contributed by atoms with van der Waals surface area (Å²) in [5, 5.41) is 1.31. The van der Waals surface area contributed by atoms with Gasteiger partial charge in [0, 0.05) is 3.58 Å². The van der Waals surface area contributed by atoms with E-state index in [9.17, 15) is 8.42 Å². The van der Waals surface area contributed by atoms with Crippen molar-refractivity contribution < 1.29 is 8.42 Å². The molecule has 1 aromatic heterocycles. The Morgan fingerprint density at radius 3 is 2.69 bits per heavy atom. The molecule has 0 amide bonds. The van der Waals surface area contributed by atoms with Crippen molar-refractivity contribution >= 4 is 47.6 Å². The van der Waals surface area contributed by atoms with Gasteiger partial charge in [0.1, 0.15) is 11.5 Å². The molecule has 0 bridgehead atoms. The summed E-state index contributed by atoms with van der Waals surface area (Å²) in [5.74, 6) is 0. The minimum Gasteiger partial charge on any atom is -0.224 e. The molecule has 0 fully saturated rings. The number of fused-ring (bicyclic) bond motifs is 1. The third-order valence-corrected chi connectivity index (χ3v) is 4.49. The number of hydrogen-bond donors (Lipinski definition) is 0. The van der Waals surface area contributed by atoms with Crippen LogP contribution in [0.2, 0.25) is 5.15 Å². The third-order valence-electron chi connectivity index (χ3n) is 1.53. The van der Waals surface area contributed by atoms with Gasteiger partial charge in [-0.2, -0.15) is 0 Å². The van der Waals surface area contributed by atoms with E-state index in [0.29, 0.717) is 9.14 Å². The largest absolute Gasteiger partial charge is 0.224 e. The Labute approximate surface area is 93.1 Å². The monoisotopic (exact) mass is 328 g/mol. The second-order valence-corrected chi connectivity index (χ2v) is 5.59. The van der Waals surface area contributed by atoms with Crippen LogP contribution in [0.4, 0.5) is 0 Å². The molecule has 0 saturated heterocycles. The van der Waals surface area contributed by atoms with E-state index in [-0.39, 0.29) is 10.2 Å². The first-order valence-corrected chi connectivity index (χ1v) is 6.16. The first-order valence-electron chi connectivity index (χ1n) is 3.15. The Balaban J connectivity index is 2.90. The molecule has 0 spiro atoms. The minimum atomic E-state index is -3.38. The average molecular weight is 329 g/mol. The van der Waals surface area contributed by atoms with Crippen molar-refractivity contribution in [3.05, 3.63) is 22.5 Å². The van der Waals surface area contributed by atoms with E-state index in [1.807, 2.05) is 22.6 Å². The number of aromatic nitrogens is 2. The lowest BCUT2D eigenvalue weighted by Gasteiger charge is -1.98. The minimum absolute atomic E-state index is 0.00287. The second kappa shape index (κ2) is 2.89. The van der Waals surface area contributed by atoms with Gasteiger partial charge in [-0.25, -0.2) is 18.4 Å². The first kappa shape index (κ1) is 9.35. The average Bonchev–Trinajstić information content (AvgIpc) is 2.24. The standard InChI is InChI=1S/C6H2ClIN2O2S/c7-5-4-3(8)1-13(11,12)6(4)10-2-9-5/h1-2H. The van der Waals surface area contributed by atoms with Gasteiger partial charge < -0.3 is 0 Å². The fraction of sp³-hybridized carbons (Fsp3) is 0. The summed E-state index contributed by atoms with van der Waals surface area (Å²) in [5.41, 5.74) is 0.407.